The zero-order chi connectivity index (χ0) is 12.8. The molecule has 2 amide bonds. The van der Waals surface area contributed by atoms with Gasteiger partial charge in [0.1, 0.15) is 11.9 Å². The maximum Gasteiger partial charge on any atom is 0.251 e. The number of aliphatic hydroxyl groups excluding tert-OH is 1. The van der Waals surface area contributed by atoms with Gasteiger partial charge in [0.25, 0.3) is 5.91 Å². The number of ether oxygens (including phenoxy) is 1. The summed E-state index contributed by atoms with van der Waals surface area (Å²) in [7, 11) is 1.53. The van der Waals surface area contributed by atoms with Gasteiger partial charge in [-0.25, -0.2) is 0 Å². The van der Waals surface area contributed by atoms with E-state index in [1.54, 1.807) is 24.3 Å². The fourth-order valence-electron chi connectivity index (χ4n) is 1.13. The molecule has 0 fully saturated rings. The molecule has 1 rings (SSSR count). The molecular weight excluding hydrogens is 224 g/mol. The van der Waals surface area contributed by atoms with Crippen molar-refractivity contribution in [2.24, 2.45) is 5.73 Å². The van der Waals surface area contributed by atoms with E-state index in [2.05, 4.69) is 5.32 Å². The summed E-state index contributed by atoms with van der Waals surface area (Å²) >= 11 is 0. The van der Waals surface area contributed by atoms with E-state index in [4.69, 9.17) is 15.6 Å². The Morgan fingerprint density at radius 1 is 1.41 bits per heavy atom. The first-order valence-electron chi connectivity index (χ1n) is 4.94. The zero-order valence-corrected chi connectivity index (χ0v) is 9.34. The smallest absolute Gasteiger partial charge is 0.251 e. The van der Waals surface area contributed by atoms with Gasteiger partial charge in [-0.1, -0.05) is 0 Å². The molecule has 0 aromatic heterocycles. The van der Waals surface area contributed by atoms with Gasteiger partial charge in [-0.05, 0) is 24.3 Å². The molecule has 6 heteroatoms. The van der Waals surface area contributed by atoms with Crippen LogP contribution >= 0.6 is 0 Å². The molecule has 1 unspecified atom stereocenters. The van der Waals surface area contributed by atoms with Gasteiger partial charge in [0.15, 0.2) is 0 Å². The van der Waals surface area contributed by atoms with Crippen LogP contribution in [-0.4, -0.2) is 36.7 Å². The predicted molar refractivity (Wildman–Crippen MR) is 60.5 cm³/mol. The number of nitrogens with two attached hydrogens (primary N) is 1. The summed E-state index contributed by atoms with van der Waals surface area (Å²) in [5, 5.41) is 11.5. The predicted octanol–water partition coefficient (Wildman–Crippen LogP) is -0.729. The van der Waals surface area contributed by atoms with E-state index in [0.717, 1.165) is 0 Å². The van der Waals surface area contributed by atoms with Crippen molar-refractivity contribution in [2.75, 3.05) is 13.7 Å². The summed E-state index contributed by atoms with van der Waals surface area (Å²) in [6, 6.07) is 6.43. The number of carbonyl (C=O) groups is 2. The van der Waals surface area contributed by atoms with Crippen LogP contribution in [0.15, 0.2) is 24.3 Å². The Balaban J connectivity index is 2.55. The van der Waals surface area contributed by atoms with E-state index in [1.807, 2.05) is 0 Å². The lowest BCUT2D eigenvalue weighted by Crippen LogP contribution is -2.39. The molecular formula is C11H14N2O4. The van der Waals surface area contributed by atoms with Crippen LogP contribution in [0.2, 0.25) is 0 Å². The maximum atomic E-state index is 11.6. The van der Waals surface area contributed by atoms with Crippen LogP contribution in [0, 0.1) is 0 Å². The topological polar surface area (TPSA) is 102 Å². The number of primary amides is 1. The van der Waals surface area contributed by atoms with Gasteiger partial charge in [0, 0.05) is 5.56 Å². The highest BCUT2D eigenvalue weighted by molar-refractivity contribution is 5.94. The van der Waals surface area contributed by atoms with Gasteiger partial charge in [-0.15, -0.1) is 0 Å². The summed E-state index contributed by atoms with van der Waals surface area (Å²) in [5.41, 5.74) is 5.25. The minimum Gasteiger partial charge on any atom is -0.497 e. The molecule has 0 spiro atoms. The van der Waals surface area contributed by atoms with Gasteiger partial charge in [0.05, 0.1) is 13.7 Å². The van der Waals surface area contributed by atoms with Crippen molar-refractivity contribution in [3.8, 4) is 5.75 Å². The van der Waals surface area contributed by atoms with Crippen LogP contribution < -0.4 is 15.8 Å². The summed E-state index contributed by atoms with van der Waals surface area (Å²) in [6.45, 7) is -0.208. The SMILES string of the molecule is COc1ccc(C(=O)NCC(O)C(N)=O)cc1. The molecule has 1 aromatic carbocycles. The lowest BCUT2D eigenvalue weighted by atomic mass is 10.2. The molecule has 4 N–H and O–H groups in total. The number of hydrogen-bond donors (Lipinski definition) is 3. The van der Waals surface area contributed by atoms with E-state index >= 15 is 0 Å². The third-order valence-electron chi connectivity index (χ3n) is 2.14. The molecule has 0 aliphatic heterocycles. The summed E-state index contributed by atoms with van der Waals surface area (Å²) in [5.74, 6) is -0.633. The Hall–Kier alpha value is -2.08. The number of aliphatic hydroxyl groups is 1. The first-order chi connectivity index (χ1) is 8.04. The second-order valence-electron chi connectivity index (χ2n) is 3.36. The molecule has 0 radical (unpaired) electrons. The number of amides is 2. The summed E-state index contributed by atoms with van der Waals surface area (Å²) in [4.78, 5) is 22.1. The second-order valence-corrected chi connectivity index (χ2v) is 3.36. The van der Waals surface area contributed by atoms with Gasteiger partial charge in [0.2, 0.25) is 5.91 Å². The van der Waals surface area contributed by atoms with Crippen molar-refractivity contribution in [1.29, 1.82) is 0 Å². The first kappa shape index (κ1) is 13.0. The number of hydrogen-bond acceptors (Lipinski definition) is 4. The zero-order valence-electron chi connectivity index (χ0n) is 9.34. The average Bonchev–Trinajstić information content (AvgIpc) is 2.35. The molecule has 0 saturated heterocycles. The molecule has 0 saturated carbocycles. The van der Waals surface area contributed by atoms with Gasteiger partial charge >= 0.3 is 0 Å². The van der Waals surface area contributed by atoms with Gasteiger partial charge in [-0.3, -0.25) is 9.59 Å². The Kier molecular flexibility index (Phi) is 4.47. The monoisotopic (exact) mass is 238 g/mol. The Morgan fingerprint density at radius 3 is 2.47 bits per heavy atom. The van der Waals surface area contributed by atoms with Crippen molar-refractivity contribution >= 4 is 11.8 Å². The van der Waals surface area contributed by atoms with Crippen LogP contribution in [-0.2, 0) is 4.79 Å². The molecule has 6 nitrogen and oxygen atoms in total. The highest BCUT2D eigenvalue weighted by Gasteiger charge is 2.12. The summed E-state index contributed by atoms with van der Waals surface area (Å²) in [6.07, 6.45) is -1.38. The average molecular weight is 238 g/mol. The first-order valence-corrected chi connectivity index (χ1v) is 4.94. The molecule has 17 heavy (non-hydrogen) atoms. The molecule has 0 aliphatic carbocycles. The third-order valence-corrected chi connectivity index (χ3v) is 2.14. The molecule has 1 aromatic rings. The Bertz CT molecular complexity index is 402. The molecule has 0 heterocycles. The normalized spacial score (nSPS) is 11.6. The maximum absolute atomic E-state index is 11.6. The number of rotatable bonds is 5. The van der Waals surface area contributed by atoms with Gasteiger partial charge in [-0.2, -0.15) is 0 Å². The molecule has 0 bridgehead atoms. The van der Waals surface area contributed by atoms with Crippen LogP contribution in [0.25, 0.3) is 0 Å². The van der Waals surface area contributed by atoms with Crippen LogP contribution in [0.3, 0.4) is 0 Å². The number of methoxy groups -OCH3 is 1. The highest BCUT2D eigenvalue weighted by atomic mass is 16.5. The standard InChI is InChI=1S/C11H14N2O4/c1-17-8-4-2-7(3-5-8)11(16)13-6-9(14)10(12)15/h2-5,9,14H,6H2,1H3,(H2,12,15)(H,13,16). The lowest BCUT2D eigenvalue weighted by Gasteiger charge is -2.08. The van der Waals surface area contributed by atoms with Crippen LogP contribution in [0.1, 0.15) is 10.4 Å². The fraction of sp³-hybridized carbons (Fsp3) is 0.273. The Labute approximate surface area is 98.4 Å². The molecule has 0 aliphatic rings. The van der Waals surface area contributed by atoms with Crippen molar-refractivity contribution in [3.63, 3.8) is 0 Å². The summed E-state index contributed by atoms with van der Waals surface area (Å²) < 4.78 is 4.95. The minimum atomic E-state index is -1.38. The van der Waals surface area contributed by atoms with Crippen molar-refractivity contribution < 1.29 is 19.4 Å². The highest BCUT2D eigenvalue weighted by Crippen LogP contribution is 2.10. The molecule has 92 valence electrons. The lowest BCUT2D eigenvalue weighted by molar-refractivity contribution is -0.125. The van der Waals surface area contributed by atoms with E-state index in [9.17, 15) is 9.59 Å². The van der Waals surface area contributed by atoms with E-state index in [-0.39, 0.29) is 6.54 Å². The fourth-order valence-corrected chi connectivity index (χ4v) is 1.13. The van der Waals surface area contributed by atoms with Crippen LogP contribution in [0.5, 0.6) is 5.75 Å². The minimum absolute atomic E-state index is 0.208. The van der Waals surface area contributed by atoms with E-state index in [1.165, 1.54) is 7.11 Å². The Morgan fingerprint density at radius 2 is 2.00 bits per heavy atom. The third kappa shape index (κ3) is 3.76. The van der Waals surface area contributed by atoms with Crippen molar-refractivity contribution in [1.82, 2.24) is 5.32 Å². The largest absolute Gasteiger partial charge is 0.497 e. The second kappa shape index (κ2) is 5.86. The number of nitrogens with one attached hydrogen (secondary N) is 1. The van der Waals surface area contributed by atoms with Crippen LogP contribution in [0.4, 0.5) is 0 Å². The number of carbonyl (C=O) groups excluding carboxylic acids is 2. The van der Waals surface area contributed by atoms with E-state index < -0.39 is 17.9 Å². The molecule has 1 atom stereocenters. The van der Waals surface area contributed by atoms with Gasteiger partial charge < -0.3 is 20.9 Å². The van der Waals surface area contributed by atoms with Crippen molar-refractivity contribution in [2.45, 2.75) is 6.10 Å². The quantitative estimate of drug-likeness (QED) is 0.629. The van der Waals surface area contributed by atoms with E-state index in [0.29, 0.717) is 11.3 Å². The number of benzene rings is 1. The van der Waals surface area contributed by atoms with Crippen molar-refractivity contribution in [3.05, 3.63) is 29.8 Å².